The first kappa shape index (κ1) is 12.8. The van der Waals surface area contributed by atoms with Gasteiger partial charge in [-0.05, 0) is 55.9 Å². The van der Waals surface area contributed by atoms with E-state index in [1.54, 1.807) is 0 Å². The fraction of sp³-hybridized carbons (Fsp3) is 0.667. The van der Waals surface area contributed by atoms with Crippen LogP contribution in [-0.2, 0) is 0 Å². The quantitative estimate of drug-likeness (QED) is 0.797. The van der Waals surface area contributed by atoms with Crippen molar-refractivity contribution in [2.24, 2.45) is 17.3 Å². The van der Waals surface area contributed by atoms with Crippen LogP contribution in [0, 0.1) is 17.3 Å². The molecule has 3 aliphatic carbocycles. The predicted molar refractivity (Wildman–Crippen MR) is 80.3 cm³/mol. The smallest absolute Gasteiger partial charge is 0.0858 e. The Labute approximate surface area is 121 Å². The van der Waals surface area contributed by atoms with Gasteiger partial charge in [-0.3, -0.25) is 0 Å². The van der Waals surface area contributed by atoms with Gasteiger partial charge >= 0.3 is 0 Å². The molecule has 0 bridgehead atoms. The van der Waals surface area contributed by atoms with Crippen LogP contribution >= 0.6 is 0 Å². The first-order valence-electron chi connectivity index (χ1n) is 8.25. The molecule has 3 aliphatic rings. The van der Waals surface area contributed by atoms with Crippen molar-refractivity contribution in [3.05, 3.63) is 35.9 Å². The summed E-state index contributed by atoms with van der Waals surface area (Å²) in [5.41, 5.74) is 1.20. The zero-order chi connectivity index (χ0) is 13.6. The number of hydrogen-bond acceptors (Lipinski definition) is 2. The van der Waals surface area contributed by atoms with E-state index in [1.807, 2.05) is 18.2 Å². The van der Waals surface area contributed by atoms with E-state index in [-0.39, 0.29) is 11.5 Å². The van der Waals surface area contributed by atoms with Crippen LogP contribution in [0.1, 0.15) is 50.2 Å². The van der Waals surface area contributed by atoms with Gasteiger partial charge in [0.1, 0.15) is 0 Å². The second kappa shape index (κ2) is 4.85. The zero-order valence-corrected chi connectivity index (χ0v) is 12.1. The molecule has 108 valence electrons. The number of benzene rings is 1. The van der Waals surface area contributed by atoms with E-state index in [0.717, 1.165) is 42.8 Å². The average molecular weight is 271 g/mol. The number of rotatable bonds is 7. The second-order valence-corrected chi connectivity index (χ2v) is 7.26. The van der Waals surface area contributed by atoms with Gasteiger partial charge in [0.15, 0.2) is 0 Å². The molecule has 3 fully saturated rings. The Morgan fingerprint density at radius 2 is 1.65 bits per heavy atom. The third kappa shape index (κ3) is 2.51. The Hall–Kier alpha value is -0.860. The predicted octanol–water partition coefficient (Wildman–Crippen LogP) is 3.28. The average Bonchev–Trinajstić information content (AvgIpc) is 3.35. The summed E-state index contributed by atoms with van der Waals surface area (Å²) >= 11 is 0. The van der Waals surface area contributed by atoms with Crippen molar-refractivity contribution in [3.8, 4) is 0 Å². The first-order valence-corrected chi connectivity index (χ1v) is 8.25. The van der Waals surface area contributed by atoms with E-state index >= 15 is 0 Å². The normalized spacial score (nSPS) is 25.7. The molecule has 0 spiro atoms. The highest BCUT2D eigenvalue weighted by Crippen LogP contribution is 2.55. The van der Waals surface area contributed by atoms with Gasteiger partial charge in [0.05, 0.1) is 6.10 Å². The van der Waals surface area contributed by atoms with Gasteiger partial charge in [-0.15, -0.1) is 0 Å². The van der Waals surface area contributed by atoms with E-state index in [1.165, 1.54) is 25.7 Å². The maximum atomic E-state index is 10.7. The van der Waals surface area contributed by atoms with E-state index < -0.39 is 0 Å². The number of aliphatic hydroxyl groups excluding tert-OH is 1. The summed E-state index contributed by atoms with van der Waals surface area (Å²) in [6.07, 6.45) is 7.71. The molecule has 1 atom stereocenters. The van der Waals surface area contributed by atoms with Gasteiger partial charge < -0.3 is 10.4 Å². The van der Waals surface area contributed by atoms with E-state index in [0.29, 0.717) is 0 Å². The molecule has 4 rings (SSSR count). The second-order valence-electron chi connectivity index (χ2n) is 7.26. The van der Waals surface area contributed by atoms with Crippen LogP contribution in [0.5, 0.6) is 0 Å². The minimum Gasteiger partial charge on any atom is -0.388 e. The molecule has 2 heteroatoms. The molecule has 1 aromatic rings. The summed E-state index contributed by atoms with van der Waals surface area (Å²) in [5.74, 6) is 1.87. The van der Waals surface area contributed by atoms with Crippen LogP contribution in [0.25, 0.3) is 0 Å². The van der Waals surface area contributed by atoms with Crippen molar-refractivity contribution >= 4 is 0 Å². The molecule has 0 aliphatic heterocycles. The molecule has 0 amide bonds. The van der Waals surface area contributed by atoms with Gasteiger partial charge in [-0.2, -0.15) is 0 Å². The number of nitrogens with one attached hydrogen (secondary N) is 1. The molecule has 2 nitrogen and oxygen atoms in total. The van der Waals surface area contributed by atoms with Gasteiger partial charge in [0.25, 0.3) is 0 Å². The monoisotopic (exact) mass is 271 g/mol. The van der Waals surface area contributed by atoms with Gasteiger partial charge in [-0.1, -0.05) is 30.3 Å². The highest BCUT2D eigenvalue weighted by Gasteiger charge is 2.50. The summed E-state index contributed by atoms with van der Waals surface area (Å²) in [4.78, 5) is 0. The molecule has 0 radical (unpaired) electrons. The Morgan fingerprint density at radius 3 is 2.15 bits per heavy atom. The largest absolute Gasteiger partial charge is 0.388 e. The molecular formula is C18H25NO. The summed E-state index contributed by atoms with van der Waals surface area (Å²) in [7, 11) is 0. The Balaban J connectivity index is 1.39. The van der Waals surface area contributed by atoms with Gasteiger partial charge in [0.2, 0.25) is 0 Å². The minimum atomic E-state index is -0.296. The zero-order valence-electron chi connectivity index (χ0n) is 12.1. The number of aliphatic hydroxyl groups is 1. The van der Waals surface area contributed by atoms with Crippen molar-refractivity contribution in [2.75, 3.05) is 6.54 Å². The molecule has 3 saturated carbocycles. The maximum Gasteiger partial charge on any atom is 0.0858 e. The van der Waals surface area contributed by atoms with Crippen LogP contribution in [0.15, 0.2) is 30.3 Å². The fourth-order valence-electron chi connectivity index (χ4n) is 3.65. The fourth-order valence-corrected chi connectivity index (χ4v) is 3.65. The summed E-state index contributed by atoms with van der Waals surface area (Å²) in [6, 6.07) is 10.9. The lowest BCUT2D eigenvalue weighted by Crippen LogP contribution is -2.39. The third-order valence-corrected chi connectivity index (χ3v) is 5.54. The minimum absolute atomic E-state index is 0.114. The van der Waals surface area contributed by atoms with Crippen LogP contribution in [0.4, 0.5) is 0 Å². The molecule has 20 heavy (non-hydrogen) atoms. The Bertz CT molecular complexity index is 448. The SMILES string of the molecule is OC(c1ccccc1)C1(CNC(C2CC2)C2CC2)CC1. The highest BCUT2D eigenvalue weighted by molar-refractivity contribution is 5.22. The van der Waals surface area contributed by atoms with Crippen molar-refractivity contribution in [1.82, 2.24) is 5.32 Å². The molecule has 0 saturated heterocycles. The third-order valence-electron chi connectivity index (χ3n) is 5.54. The van der Waals surface area contributed by atoms with Crippen LogP contribution in [0.3, 0.4) is 0 Å². The van der Waals surface area contributed by atoms with Gasteiger partial charge in [0, 0.05) is 18.0 Å². The molecule has 1 aromatic carbocycles. The molecule has 2 N–H and O–H groups in total. The van der Waals surface area contributed by atoms with Crippen molar-refractivity contribution < 1.29 is 5.11 Å². The maximum absolute atomic E-state index is 10.7. The molecule has 0 aromatic heterocycles. The molecule has 0 heterocycles. The standard InChI is InChI=1S/C18H25NO/c20-17(15-4-2-1-3-5-15)18(10-11-18)12-19-16(13-6-7-13)14-8-9-14/h1-5,13-14,16-17,19-20H,6-12H2. The lowest BCUT2D eigenvalue weighted by molar-refractivity contribution is 0.0886. The van der Waals surface area contributed by atoms with E-state index in [4.69, 9.17) is 0 Å². The Morgan fingerprint density at radius 1 is 1.05 bits per heavy atom. The van der Waals surface area contributed by atoms with Crippen molar-refractivity contribution in [2.45, 2.75) is 50.7 Å². The summed E-state index contributed by atoms with van der Waals surface area (Å²) in [6.45, 7) is 1.00. The van der Waals surface area contributed by atoms with Gasteiger partial charge in [-0.25, -0.2) is 0 Å². The number of hydrogen-bond donors (Lipinski definition) is 2. The highest BCUT2D eigenvalue weighted by atomic mass is 16.3. The summed E-state index contributed by atoms with van der Waals surface area (Å²) < 4.78 is 0. The van der Waals surface area contributed by atoms with Crippen LogP contribution in [-0.4, -0.2) is 17.7 Å². The topological polar surface area (TPSA) is 32.3 Å². The summed E-state index contributed by atoms with van der Waals surface area (Å²) in [5, 5.41) is 14.5. The van der Waals surface area contributed by atoms with E-state index in [9.17, 15) is 5.11 Å². The molecule has 1 unspecified atom stereocenters. The molecular weight excluding hydrogens is 246 g/mol. The van der Waals surface area contributed by atoms with Crippen molar-refractivity contribution in [3.63, 3.8) is 0 Å². The van der Waals surface area contributed by atoms with Crippen molar-refractivity contribution in [1.29, 1.82) is 0 Å². The lowest BCUT2D eigenvalue weighted by atomic mass is 9.92. The first-order chi connectivity index (χ1) is 9.78. The van der Waals surface area contributed by atoms with Crippen LogP contribution < -0.4 is 5.32 Å². The van der Waals surface area contributed by atoms with Crippen LogP contribution in [0.2, 0.25) is 0 Å². The van der Waals surface area contributed by atoms with E-state index in [2.05, 4.69) is 17.4 Å². The Kier molecular flexibility index (Phi) is 3.12. The lowest BCUT2D eigenvalue weighted by Gasteiger charge is -2.26.